The van der Waals surface area contributed by atoms with Gasteiger partial charge >= 0.3 is 5.97 Å². The van der Waals surface area contributed by atoms with E-state index in [0.717, 1.165) is 17.8 Å². The molecule has 0 saturated heterocycles. The van der Waals surface area contributed by atoms with Gasteiger partial charge in [0.15, 0.2) is 0 Å². The molecular weight excluding hydrogens is 368 g/mol. The number of aryl methyl sites for hydroxylation is 1. The minimum absolute atomic E-state index is 0.0338. The molecule has 2 N–H and O–H groups in total. The van der Waals surface area contributed by atoms with Crippen LogP contribution in [-0.2, 0) is 20.7 Å². The third-order valence-corrected chi connectivity index (χ3v) is 4.33. The van der Waals surface area contributed by atoms with E-state index in [9.17, 15) is 14.4 Å². The monoisotopic (exact) mass is 390 g/mol. The van der Waals surface area contributed by atoms with Crippen molar-refractivity contribution in [3.63, 3.8) is 0 Å². The van der Waals surface area contributed by atoms with Crippen LogP contribution in [-0.4, -0.2) is 34.6 Å². The lowest BCUT2D eigenvalue weighted by Gasteiger charge is -2.06. The van der Waals surface area contributed by atoms with E-state index in [0.29, 0.717) is 23.0 Å². The number of aromatic nitrogens is 2. The lowest BCUT2D eigenvalue weighted by molar-refractivity contribution is -0.121. The zero-order valence-electron chi connectivity index (χ0n) is 15.3. The first-order chi connectivity index (χ1) is 13.0. The minimum atomic E-state index is -0.411. The maximum Gasteiger partial charge on any atom is 0.338 e. The van der Waals surface area contributed by atoms with E-state index in [-0.39, 0.29) is 24.7 Å². The molecule has 144 valence electrons. The number of benzene rings is 1. The topological polar surface area (TPSA) is 110 Å². The first kappa shape index (κ1) is 20.5. The van der Waals surface area contributed by atoms with Gasteiger partial charge < -0.3 is 15.4 Å². The van der Waals surface area contributed by atoms with Crippen LogP contribution in [0.15, 0.2) is 24.3 Å². The number of carbonyl (C=O) groups excluding carboxylic acids is 3. The third-order valence-electron chi connectivity index (χ3n) is 3.44. The average molecular weight is 390 g/mol. The number of anilines is 2. The van der Waals surface area contributed by atoms with E-state index in [1.165, 1.54) is 11.3 Å². The van der Waals surface area contributed by atoms with E-state index in [1.807, 2.05) is 6.92 Å². The van der Waals surface area contributed by atoms with Crippen LogP contribution < -0.4 is 10.6 Å². The van der Waals surface area contributed by atoms with Crippen LogP contribution in [0, 0.1) is 0 Å². The number of ether oxygens (including phenoxy) is 1. The van der Waals surface area contributed by atoms with E-state index in [1.54, 1.807) is 31.2 Å². The maximum absolute atomic E-state index is 12.0. The van der Waals surface area contributed by atoms with E-state index < -0.39 is 5.97 Å². The van der Waals surface area contributed by atoms with Crippen molar-refractivity contribution in [2.75, 3.05) is 17.2 Å². The summed E-state index contributed by atoms with van der Waals surface area (Å²) in [5, 5.41) is 14.5. The lowest BCUT2D eigenvalue weighted by Crippen LogP contribution is -2.17. The van der Waals surface area contributed by atoms with Gasteiger partial charge in [-0.25, -0.2) is 4.79 Å². The molecule has 0 fully saturated rings. The second-order valence-corrected chi connectivity index (χ2v) is 6.71. The Kier molecular flexibility index (Phi) is 7.87. The maximum atomic E-state index is 12.0. The number of carbonyl (C=O) groups is 3. The Balaban J connectivity index is 1.76. The highest BCUT2D eigenvalue weighted by Crippen LogP contribution is 2.17. The number of nitrogens with one attached hydrogen (secondary N) is 2. The SMILES string of the molecule is CCCc1nnc(NC(=O)CCC(=O)Nc2ccc(C(=O)OCC)cc2)s1. The molecule has 2 aromatic rings. The fourth-order valence-corrected chi connectivity index (χ4v) is 3.01. The predicted octanol–water partition coefficient (Wildman–Crippen LogP) is 3.02. The molecule has 0 spiro atoms. The summed E-state index contributed by atoms with van der Waals surface area (Å²) in [4.78, 5) is 35.5. The van der Waals surface area contributed by atoms with Gasteiger partial charge in [0.05, 0.1) is 12.2 Å². The Morgan fingerprint density at radius 2 is 1.67 bits per heavy atom. The van der Waals surface area contributed by atoms with Gasteiger partial charge in [-0.05, 0) is 37.6 Å². The van der Waals surface area contributed by atoms with Gasteiger partial charge in [-0.15, -0.1) is 10.2 Å². The molecule has 0 aliphatic heterocycles. The van der Waals surface area contributed by atoms with Crippen molar-refractivity contribution in [1.82, 2.24) is 10.2 Å². The van der Waals surface area contributed by atoms with E-state index >= 15 is 0 Å². The predicted molar refractivity (Wildman–Crippen MR) is 103 cm³/mol. The Hall–Kier alpha value is -2.81. The fraction of sp³-hybridized carbons (Fsp3) is 0.389. The number of hydrogen-bond acceptors (Lipinski definition) is 7. The Labute approximate surface area is 161 Å². The zero-order chi connectivity index (χ0) is 19.6. The van der Waals surface area contributed by atoms with Crippen LogP contribution in [0.4, 0.5) is 10.8 Å². The second kappa shape index (κ2) is 10.4. The average Bonchev–Trinajstić information content (AvgIpc) is 3.08. The Bertz CT molecular complexity index is 789. The normalized spacial score (nSPS) is 10.3. The highest BCUT2D eigenvalue weighted by molar-refractivity contribution is 7.15. The molecule has 1 heterocycles. The summed E-state index contributed by atoms with van der Waals surface area (Å²) < 4.78 is 4.90. The Morgan fingerprint density at radius 3 is 2.30 bits per heavy atom. The van der Waals surface area contributed by atoms with Crippen molar-refractivity contribution < 1.29 is 19.1 Å². The number of rotatable bonds is 9. The van der Waals surface area contributed by atoms with Gasteiger partial charge in [-0.2, -0.15) is 0 Å². The summed E-state index contributed by atoms with van der Waals surface area (Å²) in [6, 6.07) is 6.37. The van der Waals surface area contributed by atoms with Crippen molar-refractivity contribution in [1.29, 1.82) is 0 Å². The molecular formula is C18H22N4O4S. The molecule has 0 aliphatic carbocycles. The summed E-state index contributed by atoms with van der Waals surface area (Å²) in [5.74, 6) is -0.995. The number of esters is 1. The quantitative estimate of drug-likeness (QED) is 0.637. The second-order valence-electron chi connectivity index (χ2n) is 5.65. The van der Waals surface area contributed by atoms with Crippen LogP contribution in [0.25, 0.3) is 0 Å². The van der Waals surface area contributed by atoms with Crippen molar-refractivity contribution in [2.45, 2.75) is 39.5 Å². The summed E-state index contributed by atoms with van der Waals surface area (Å²) >= 11 is 1.34. The van der Waals surface area contributed by atoms with Gasteiger partial charge in [-0.3, -0.25) is 9.59 Å². The fourth-order valence-electron chi connectivity index (χ4n) is 2.16. The molecule has 8 nitrogen and oxygen atoms in total. The van der Waals surface area contributed by atoms with E-state index in [2.05, 4.69) is 20.8 Å². The smallest absolute Gasteiger partial charge is 0.338 e. The van der Waals surface area contributed by atoms with E-state index in [4.69, 9.17) is 4.74 Å². The number of hydrogen-bond donors (Lipinski definition) is 2. The molecule has 0 aliphatic rings. The largest absolute Gasteiger partial charge is 0.462 e. The molecule has 0 atom stereocenters. The summed E-state index contributed by atoms with van der Waals surface area (Å²) in [7, 11) is 0. The zero-order valence-corrected chi connectivity index (χ0v) is 16.1. The van der Waals surface area contributed by atoms with Crippen LogP contribution in [0.3, 0.4) is 0 Å². The van der Waals surface area contributed by atoms with Crippen molar-refractivity contribution in [3.8, 4) is 0 Å². The lowest BCUT2D eigenvalue weighted by atomic mass is 10.2. The summed E-state index contributed by atoms with van der Waals surface area (Å²) in [5.41, 5.74) is 0.954. The molecule has 0 radical (unpaired) electrons. The first-order valence-corrected chi connectivity index (χ1v) is 9.52. The van der Waals surface area contributed by atoms with Crippen molar-refractivity contribution in [2.24, 2.45) is 0 Å². The Morgan fingerprint density at radius 1 is 1.00 bits per heavy atom. The number of amides is 2. The van der Waals surface area contributed by atoms with Gasteiger partial charge in [0.2, 0.25) is 16.9 Å². The molecule has 9 heteroatoms. The number of nitrogens with zero attached hydrogens (tertiary/aromatic N) is 2. The van der Waals surface area contributed by atoms with Crippen LogP contribution in [0.2, 0.25) is 0 Å². The van der Waals surface area contributed by atoms with Crippen LogP contribution >= 0.6 is 11.3 Å². The van der Waals surface area contributed by atoms with Crippen LogP contribution in [0.5, 0.6) is 0 Å². The molecule has 0 bridgehead atoms. The van der Waals surface area contributed by atoms with Crippen molar-refractivity contribution >= 4 is 39.9 Å². The van der Waals surface area contributed by atoms with Gasteiger partial charge in [0.25, 0.3) is 0 Å². The molecule has 2 rings (SSSR count). The molecule has 0 saturated carbocycles. The highest BCUT2D eigenvalue weighted by Gasteiger charge is 2.11. The molecule has 1 aromatic carbocycles. The third kappa shape index (κ3) is 6.78. The highest BCUT2D eigenvalue weighted by atomic mass is 32.1. The summed E-state index contributed by atoms with van der Waals surface area (Å²) in [6.45, 7) is 4.08. The van der Waals surface area contributed by atoms with Gasteiger partial charge in [-0.1, -0.05) is 18.3 Å². The minimum Gasteiger partial charge on any atom is -0.462 e. The molecule has 0 unspecified atom stereocenters. The van der Waals surface area contributed by atoms with Crippen LogP contribution in [0.1, 0.15) is 48.5 Å². The molecule has 1 aromatic heterocycles. The standard InChI is InChI=1S/C18H22N4O4S/c1-3-5-16-21-22-18(27-16)20-15(24)11-10-14(23)19-13-8-6-12(7-9-13)17(25)26-4-2/h6-9H,3-5,10-11H2,1-2H3,(H,19,23)(H,20,22,24). The van der Waals surface area contributed by atoms with Gasteiger partial charge in [0, 0.05) is 24.9 Å². The molecule has 27 heavy (non-hydrogen) atoms. The van der Waals surface area contributed by atoms with Crippen molar-refractivity contribution in [3.05, 3.63) is 34.8 Å². The molecule has 2 amide bonds. The summed E-state index contributed by atoms with van der Waals surface area (Å²) in [6.07, 6.45) is 1.86. The van der Waals surface area contributed by atoms with Gasteiger partial charge in [0.1, 0.15) is 5.01 Å². The first-order valence-electron chi connectivity index (χ1n) is 8.71.